The molecule has 2 amide bonds. The molecule has 3 aromatic rings. The number of imide groups is 1. The van der Waals surface area contributed by atoms with Gasteiger partial charge in [0, 0.05) is 0 Å². The van der Waals surface area contributed by atoms with Gasteiger partial charge in [-0.05, 0) is 55.3 Å². The maximum atomic E-state index is 13.1. The number of hydrazine groups is 1. The zero-order chi connectivity index (χ0) is 18.3. The van der Waals surface area contributed by atoms with Crippen molar-refractivity contribution in [2.75, 3.05) is 5.01 Å². The second-order valence-electron chi connectivity index (χ2n) is 6.40. The van der Waals surface area contributed by atoms with Gasteiger partial charge in [-0.1, -0.05) is 42.5 Å². The van der Waals surface area contributed by atoms with Crippen LogP contribution in [0, 0.1) is 13.8 Å². The van der Waals surface area contributed by atoms with Crippen LogP contribution in [0.1, 0.15) is 31.8 Å². The highest BCUT2D eigenvalue weighted by atomic mass is 16.2. The van der Waals surface area contributed by atoms with Gasteiger partial charge in [-0.25, -0.2) is 5.01 Å². The van der Waals surface area contributed by atoms with Crippen molar-refractivity contribution in [2.24, 2.45) is 0 Å². The molecule has 1 aliphatic heterocycles. The van der Waals surface area contributed by atoms with Crippen LogP contribution in [-0.2, 0) is 0 Å². The van der Waals surface area contributed by atoms with Crippen LogP contribution in [0.4, 0.5) is 11.4 Å². The lowest BCUT2D eigenvalue weighted by molar-refractivity contribution is 0.0654. The zero-order valence-electron chi connectivity index (χ0n) is 14.6. The third-order valence-corrected chi connectivity index (χ3v) is 4.57. The molecule has 1 heterocycles. The third kappa shape index (κ3) is 2.47. The fourth-order valence-electron chi connectivity index (χ4n) is 3.24. The van der Waals surface area contributed by atoms with Gasteiger partial charge in [0.1, 0.15) is 0 Å². The Kier molecular flexibility index (Phi) is 3.81. The molecule has 0 fully saturated rings. The Morgan fingerprint density at radius 2 is 1.31 bits per heavy atom. The predicted molar refractivity (Wildman–Crippen MR) is 101 cm³/mol. The van der Waals surface area contributed by atoms with Gasteiger partial charge in [-0.3, -0.25) is 9.59 Å². The second-order valence-corrected chi connectivity index (χ2v) is 6.40. The van der Waals surface area contributed by atoms with Crippen LogP contribution in [0.2, 0.25) is 0 Å². The first-order valence-electron chi connectivity index (χ1n) is 8.48. The lowest BCUT2D eigenvalue weighted by atomic mass is 10.1. The highest BCUT2D eigenvalue weighted by molar-refractivity contribution is 6.22. The highest BCUT2D eigenvalue weighted by Crippen LogP contribution is 2.35. The van der Waals surface area contributed by atoms with Crippen LogP contribution in [0.25, 0.3) is 0 Å². The van der Waals surface area contributed by atoms with Crippen LogP contribution >= 0.6 is 0 Å². The molecule has 0 aromatic heterocycles. The number of benzene rings is 3. The number of hydrogen-bond acceptors (Lipinski definition) is 3. The van der Waals surface area contributed by atoms with Crippen LogP contribution < -0.4 is 5.01 Å². The van der Waals surface area contributed by atoms with E-state index in [1.54, 1.807) is 29.3 Å². The van der Waals surface area contributed by atoms with Gasteiger partial charge in [0.25, 0.3) is 11.8 Å². The minimum atomic E-state index is -0.310. The maximum absolute atomic E-state index is 13.1. The molecule has 4 nitrogen and oxygen atoms in total. The largest absolute Gasteiger partial charge is 0.281 e. The maximum Gasteiger partial charge on any atom is 0.281 e. The fourth-order valence-corrected chi connectivity index (χ4v) is 3.24. The number of hydrogen-bond donors (Lipinski definition) is 0. The summed E-state index contributed by atoms with van der Waals surface area (Å²) in [4.78, 5) is 26.1. The van der Waals surface area contributed by atoms with Gasteiger partial charge in [0.15, 0.2) is 0 Å². The minimum absolute atomic E-state index is 0.310. The number of carbonyl (C=O) groups is 2. The highest BCUT2D eigenvalue weighted by Gasteiger charge is 2.40. The first-order chi connectivity index (χ1) is 12.6. The quantitative estimate of drug-likeness (QED) is 0.650. The first-order valence-corrected chi connectivity index (χ1v) is 8.48. The summed E-state index contributed by atoms with van der Waals surface area (Å²) in [7, 11) is 0. The molecule has 4 heteroatoms. The van der Waals surface area contributed by atoms with Crippen molar-refractivity contribution in [3.63, 3.8) is 0 Å². The van der Waals surface area contributed by atoms with E-state index in [4.69, 9.17) is 0 Å². The van der Waals surface area contributed by atoms with Crippen molar-refractivity contribution < 1.29 is 9.59 Å². The smallest absolute Gasteiger partial charge is 0.267 e. The number of rotatable bonds is 3. The Bertz CT molecular complexity index is 977. The molecular weight excluding hydrogens is 324 g/mol. The Balaban J connectivity index is 1.92. The summed E-state index contributed by atoms with van der Waals surface area (Å²) in [6.45, 7) is 3.97. The van der Waals surface area contributed by atoms with Gasteiger partial charge in [0.2, 0.25) is 0 Å². The molecule has 0 unspecified atom stereocenters. The van der Waals surface area contributed by atoms with Crippen LogP contribution in [0.15, 0.2) is 72.8 Å². The van der Waals surface area contributed by atoms with Gasteiger partial charge >= 0.3 is 0 Å². The summed E-state index contributed by atoms with van der Waals surface area (Å²) < 4.78 is 0. The lowest BCUT2D eigenvalue weighted by Gasteiger charge is -2.33. The summed E-state index contributed by atoms with van der Waals surface area (Å²) in [6, 6.07) is 22.4. The number of anilines is 2. The van der Waals surface area contributed by atoms with E-state index in [1.807, 2.05) is 62.4 Å². The summed E-state index contributed by atoms with van der Waals surface area (Å²) in [5.41, 5.74) is 4.48. The van der Waals surface area contributed by atoms with Crippen molar-refractivity contribution in [3.05, 3.63) is 95.1 Å². The zero-order valence-corrected chi connectivity index (χ0v) is 14.6. The third-order valence-electron chi connectivity index (χ3n) is 4.57. The monoisotopic (exact) mass is 342 g/mol. The number of fused-ring (bicyclic) bond motifs is 1. The Morgan fingerprint density at radius 3 is 1.92 bits per heavy atom. The van der Waals surface area contributed by atoms with Crippen molar-refractivity contribution in [1.29, 1.82) is 0 Å². The average Bonchev–Trinajstić information content (AvgIpc) is 2.91. The van der Waals surface area contributed by atoms with E-state index >= 15 is 0 Å². The van der Waals surface area contributed by atoms with E-state index in [1.165, 1.54) is 5.01 Å². The number of aryl methyl sites for hydroxylation is 2. The Morgan fingerprint density at radius 1 is 0.731 bits per heavy atom. The van der Waals surface area contributed by atoms with E-state index in [-0.39, 0.29) is 11.8 Å². The predicted octanol–water partition coefficient (Wildman–Crippen LogP) is 4.65. The number of carbonyl (C=O) groups excluding carboxylic acids is 2. The standard InChI is InChI=1S/C22H18N2O2/c1-15-12-13-16(2)20(14-15)23(17-8-4-3-5-9-17)24-21(25)18-10-6-7-11-19(18)22(24)26/h3-14H,1-2H3. The van der Waals surface area contributed by atoms with E-state index in [0.717, 1.165) is 22.5 Å². The average molecular weight is 342 g/mol. The second kappa shape index (κ2) is 6.15. The molecule has 3 aromatic carbocycles. The molecule has 0 aliphatic carbocycles. The molecule has 26 heavy (non-hydrogen) atoms. The van der Waals surface area contributed by atoms with Gasteiger partial charge < -0.3 is 0 Å². The molecule has 0 N–H and O–H groups in total. The van der Waals surface area contributed by atoms with E-state index in [9.17, 15) is 9.59 Å². The Labute approximate surface area is 152 Å². The SMILES string of the molecule is Cc1ccc(C)c(N(c2ccccc2)N2C(=O)c3ccccc3C2=O)c1. The fraction of sp³-hybridized carbons (Fsp3) is 0.0909. The number of amides is 2. The van der Waals surface area contributed by atoms with E-state index in [0.29, 0.717) is 11.1 Å². The summed E-state index contributed by atoms with van der Waals surface area (Å²) in [5.74, 6) is -0.620. The molecule has 0 saturated carbocycles. The lowest BCUT2D eigenvalue weighted by Crippen LogP contribution is -2.44. The van der Waals surface area contributed by atoms with Crippen molar-refractivity contribution >= 4 is 23.2 Å². The van der Waals surface area contributed by atoms with Crippen LogP contribution in [0.5, 0.6) is 0 Å². The molecule has 128 valence electrons. The normalized spacial score (nSPS) is 13.1. The van der Waals surface area contributed by atoms with Crippen LogP contribution in [-0.4, -0.2) is 16.8 Å². The summed E-state index contributed by atoms with van der Waals surface area (Å²) in [6.07, 6.45) is 0. The molecule has 0 atom stereocenters. The van der Waals surface area contributed by atoms with E-state index < -0.39 is 0 Å². The molecule has 0 bridgehead atoms. The molecule has 0 radical (unpaired) electrons. The summed E-state index contributed by atoms with van der Waals surface area (Å²) >= 11 is 0. The van der Waals surface area contributed by atoms with Crippen LogP contribution in [0.3, 0.4) is 0 Å². The molecule has 4 rings (SSSR count). The molecule has 0 spiro atoms. The van der Waals surface area contributed by atoms with Gasteiger partial charge in [-0.2, -0.15) is 5.01 Å². The van der Waals surface area contributed by atoms with Crippen molar-refractivity contribution in [3.8, 4) is 0 Å². The Hall–Kier alpha value is -3.40. The molecular formula is C22H18N2O2. The van der Waals surface area contributed by atoms with Gasteiger partial charge in [-0.15, -0.1) is 0 Å². The number of nitrogens with zero attached hydrogens (tertiary/aromatic N) is 2. The van der Waals surface area contributed by atoms with Gasteiger partial charge in [0.05, 0.1) is 22.5 Å². The molecule has 0 saturated heterocycles. The topological polar surface area (TPSA) is 40.6 Å². The summed E-state index contributed by atoms with van der Waals surface area (Å²) in [5, 5.41) is 2.95. The van der Waals surface area contributed by atoms with Crippen molar-refractivity contribution in [1.82, 2.24) is 5.01 Å². The first kappa shape index (κ1) is 16.1. The van der Waals surface area contributed by atoms with E-state index in [2.05, 4.69) is 0 Å². The number of para-hydroxylation sites is 1. The van der Waals surface area contributed by atoms with Crippen molar-refractivity contribution in [2.45, 2.75) is 13.8 Å². The molecule has 1 aliphatic rings. The minimum Gasteiger partial charge on any atom is -0.267 e.